The molecule has 3 N–H and O–H groups in total. The highest BCUT2D eigenvalue weighted by Gasteiger charge is 2.21. The van der Waals surface area contributed by atoms with Crippen LogP contribution in [0.3, 0.4) is 0 Å². The molecule has 1 unspecified atom stereocenters. The van der Waals surface area contributed by atoms with E-state index in [1.807, 2.05) is 24.3 Å². The highest BCUT2D eigenvalue weighted by molar-refractivity contribution is 7.88. The number of hydrogen-bond donors (Lipinski definition) is 3. The van der Waals surface area contributed by atoms with E-state index in [9.17, 15) is 13.2 Å². The Hall–Kier alpha value is -2.38. The second kappa shape index (κ2) is 8.54. The van der Waals surface area contributed by atoms with Crippen molar-refractivity contribution in [3.05, 3.63) is 70.8 Å². The Labute approximate surface area is 160 Å². The van der Waals surface area contributed by atoms with Crippen molar-refractivity contribution in [2.45, 2.75) is 37.6 Å². The number of aryl methyl sites for hydroxylation is 1. The number of nitrogens with one attached hydrogen (secondary N) is 3. The topological polar surface area (TPSA) is 87.3 Å². The first-order chi connectivity index (χ1) is 13.0. The number of hydrogen-bond acceptors (Lipinski definition) is 3. The van der Waals surface area contributed by atoms with Gasteiger partial charge in [-0.15, -0.1) is 0 Å². The van der Waals surface area contributed by atoms with E-state index >= 15 is 0 Å². The molecule has 1 aliphatic rings. The van der Waals surface area contributed by atoms with Crippen LogP contribution in [0.5, 0.6) is 0 Å². The third-order valence-electron chi connectivity index (χ3n) is 4.82. The van der Waals surface area contributed by atoms with Gasteiger partial charge in [0.05, 0.1) is 11.8 Å². The molecule has 2 aromatic rings. The van der Waals surface area contributed by atoms with Crippen LogP contribution in [0.4, 0.5) is 4.79 Å². The molecule has 7 heteroatoms. The Morgan fingerprint density at radius 3 is 2.52 bits per heavy atom. The van der Waals surface area contributed by atoms with Gasteiger partial charge < -0.3 is 10.6 Å². The summed E-state index contributed by atoms with van der Waals surface area (Å²) in [6.07, 6.45) is 3.07. The normalized spacial score (nSPS) is 16.4. The van der Waals surface area contributed by atoms with Crippen LogP contribution in [0.25, 0.3) is 0 Å². The third-order valence-corrected chi connectivity index (χ3v) is 6.15. The van der Waals surface area contributed by atoms with E-state index in [0.717, 1.165) is 24.8 Å². The smallest absolute Gasteiger partial charge is 0.315 e. The second-order valence-electron chi connectivity index (χ2n) is 6.75. The lowest BCUT2D eigenvalue weighted by molar-refractivity contribution is 0.235. The Kier molecular flexibility index (Phi) is 6.13. The molecule has 0 radical (unpaired) electrons. The van der Waals surface area contributed by atoms with Gasteiger partial charge in [0, 0.05) is 6.54 Å². The Morgan fingerprint density at radius 2 is 1.78 bits per heavy atom. The molecule has 27 heavy (non-hydrogen) atoms. The zero-order valence-corrected chi connectivity index (χ0v) is 16.2. The lowest BCUT2D eigenvalue weighted by atomic mass is 9.88. The van der Waals surface area contributed by atoms with Gasteiger partial charge in [-0.2, -0.15) is 0 Å². The van der Waals surface area contributed by atoms with Crippen molar-refractivity contribution in [1.82, 2.24) is 15.4 Å². The largest absolute Gasteiger partial charge is 0.334 e. The van der Waals surface area contributed by atoms with Gasteiger partial charge in [-0.3, -0.25) is 0 Å². The molecule has 2 amide bonds. The molecule has 1 aliphatic carbocycles. The Morgan fingerprint density at radius 1 is 1.07 bits per heavy atom. The maximum atomic E-state index is 12.3. The molecular formula is C20H25N3O3S. The fraction of sp³-hybridized carbons (Fsp3) is 0.350. The number of carbonyl (C=O) groups is 1. The first-order valence-corrected chi connectivity index (χ1v) is 10.7. The zero-order chi connectivity index (χ0) is 19.3. The lowest BCUT2D eigenvalue weighted by Crippen LogP contribution is -2.38. The number of sulfonamides is 1. The summed E-state index contributed by atoms with van der Waals surface area (Å²) < 4.78 is 25.4. The fourth-order valence-electron chi connectivity index (χ4n) is 3.34. The molecule has 0 saturated carbocycles. The molecular weight excluding hydrogens is 362 g/mol. The van der Waals surface area contributed by atoms with Crippen molar-refractivity contribution in [3.8, 4) is 0 Å². The number of fused-ring (bicyclic) bond motifs is 1. The summed E-state index contributed by atoms with van der Waals surface area (Å²) in [7, 11) is -1.88. The van der Waals surface area contributed by atoms with Crippen molar-refractivity contribution in [1.29, 1.82) is 0 Å². The second-order valence-corrected chi connectivity index (χ2v) is 8.68. The van der Waals surface area contributed by atoms with Crippen molar-refractivity contribution in [3.63, 3.8) is 0 Å². The average molecular weight is 388 g/mol. The monoisotopic (exact) mass is 387 g/mol. The predicted octanol–water partition coefficient (Wildman–Crippen LogP) is 2.61. The number of benzene rings is 2. The predicted molar refractivity (Wildman–Crippen MR) is 106 cm³/mol. The van der Waals surface area contributed by atoms with E-state index in [0.29, 0.717) is 12.1 Å². The van der Waals surface area contributed by atoms with Crippen LogP contribution in [0, 0.1) is 0 Å². The summed E-state index contributed by atoms with van der Waals surface area (Å²) in [5.74, 6) is -0.0568. The Bertz CT molecular complexity index is 895. The van der Waals surface area contributed by atoms with E-state index in [1.54, 1.807) is 12.1 Å². The average Bonchev–Trinajstić information content (AvgIpc) is 2.67. The van der Waals surface area contributed by atoms with Gasteiger partial charge in [0.25, 0.3) is 0 Å². The highest BCUT2D eigenvalue weighted by atomic mass is 32.2. The SMILES string of the molecule is CNS(=O)(=O)Cc1ccc(CNC(=O)NC2CCCc3ccccc32)cc1. The number of urea groups is 1. The molecule has 0 bridgehead atoms. The molecule has 2 aromatic carbocycles. The summed E-state index contributed by atoms with van der Waals surface area (Å²) >= 11 is 0. The van der Waals surface area contributed by atoms with E-state index in [4.69, 9.17) is 0 Å². The van der Waals surface area contributed by atoms with Gasteiger partial charge in [0.1, 0.15) is 0 Å². The molecule has 1 atom stereocenters. The van der Waals surface area contributed by atoms with Crippen molar-refractivity contribution in [2.75, 3.05) is 7.05 Å². The molecule has 6 nitrogen and oxygen atoms in total. The van der Waals surface area contributed by atoms with E-state index in [-0.39, 0.29) is 17.8 Å². The van der Waals surface area contributed by atoms with Crippen molar-refractivity contribution >= 4 is 16.1 Å². The number of rotatable bonds is 6. The summed E-state index contributed by atoms with van der Waals surface area (Å²) in [6.45, 7) is 0.388. The van der Waals surface area contributed by atoms with Crippen molar-refractivity contribution < 1.29 is 13.2 Å². The quantitative estimate of drug-likeness (QED) is 0.712. The molecule has 3 rings (SSSR count). The fourth-order valence-corrected chi connectivity index (χ4v) is 4.12. The molecule has 0 aliphatic heterocycles. The van der Waals surface area contributed by atoms with E-state index in [2.05, 4.69) is 27.5 Å². The van der Waals surface area contributed by atoms with Gasteiger partial charge in [0.2, 0.25) is 10.0 Å². The van der Waals surface area contributed by atoms with Crippen LogP contribution in [0.15, 0.2) is 48.5 Å². The standard InChI is InChI=1S/C20H25N3O3S/c1-21-27(25,26)14-16-11-9-15(10-12-16)13-22-20(24)23-19-8-4-6-17-5-2-3-7-18(17)19/h2-3,5,7,9-12,19,21H,4,6,8,13-14H2,1H3,(H2,22,23,24). The molecule has 0 fully saturated rings. The molecule has 144 valence electrons. The summed E-state index contributed by atoms with van der Waals surface area (Å²) in [6, 6.07) is 15.3. The maximum absolute atomic E-state index is 12.3. The maximum Gasteiger partial charge on any atom is 0.315 e. The minimum Gasteiger partial charge on any atom is -0.334 e. The van der Waals surface area contributed by atoms with Crippen LogP contribution < -0.4 is 15.4 Å². The van der Waals surface area contributed by atoms with E-state index in [1.165, 1.54) is 18.2 Å². The lowest BCUT2D eigenvalue weighted by Gasteiger charge is -2.26. The van der Waals surface area contributed by atoms with Crippen LogP contribution in [0.1, 0.15) is 41.1 Å². The first-order valence-electron chi connectivity index (χ1n) is 9.08. The van der Waals surface area contributed by atoms with Crippen LogP contribution in [0.2, 0.25) is 0 Å². The first kappa shape index (κ1) is 19.4. The molecule has 0 aromatic heterocycles. The number of amides is 2. The highest BCUT2D eigenvalue weighted by Crippen LogP contribution is 2.29. The van der Waals surface area contributed by atoms with Gasteiger partial charge in [0.15, 0.2) is 0 Å². The number of carbonyl (C=O) groups excluding carboxylic acids is 1. The molecule has 0 saturated heterocycles. The van der Waals surface area contributed by atoms with Gasteiger partial charge >= 0.3 is 6.03 Å². The minimum atomic E-state index is -3.28. The molecule has 0 spiro atoms. The van der Waals surface area contributed by atoms with Crippen LogP contribution in [-0.4, -0.2) is 21.5 Å². The van der Waals surface area contributed by atoms with Crippen LogP contribution >= 0.6 is 0 Å². The van der Waals surface area contributed by atoms with Gasteiger partial charge in [-0.05, 0) is 48.6 Å². The van der Waals surface area contributed by atoms with Gasteiger partial charge in [-0.1, -0.05) is 48.5 Å². The van der Waals surface area contributed by atoms with Crippen LogP contribution in [-0.2, 0) is 28.7 Å². The summed E-state index contributed by atoms with van der Waals surface area (Å²) in [5, 5.41) is 5.93. The third kappa shape index (κ3) is 5.30. The van der Waals surface area contributed by atoms with E-state index < -0.39 is 10.0 Å². The summed E-state index contributed by atoms with van der Waals surface area (Å²) in [4.78, 5) is 12.3. The summed E-state index contributed by atoms with van der Waals surface area (Å²) in [5.41, 5.74) is 4.13. The molecule has 0 heterocycles. The Balaban J connectivity index is 1.53. The van der Waals surface area contributed by atoms with Crippen molar-refractivity contribution in [2.24, 2.45) is 0 Å². The van der Waals surface area contributed by atoms with Gasteiger partial charge in [-0.25, -0.2) is 17.9 Å². The zero-order valence-electron chi connectivity index (χ0n) is 15.4. The minimum absolute atomic E-state index is 0.0454.